The van der Waals surface area contributed by atoms with Gasteiger partial charge in [0.1, 0.15) is 5.82 Å². The molecule has 1 heterocycles. The van der Waals surface area contributed by atoms with E-state index >= 15 is 0 Å². The number of rotatable bonds is 3. The lowest BCUT2D eigenvalue weighted by Crippen LogP contribution is -2.39. The summed E-state index contributed by atoms with van der Waals surface area (Å²) in [7, 11) is 0. The molecule has 1 aliphatic heterocycles. The quantitative estimate of drug-likeness (QED) is 0.895. The van der Waals surface area contributed by atoms with Gasteiger partial charge in [0.05, 0.1) is 6.04 Å². The zero-order valence-corrected chi connectivity index (χ0v) is 12.9. The molecule has 25 heavy (non-hydrogen) atoms. The van der Waals surface area contributed by atoms with Crippen LogP contribution < -0.4 is 15.5 Å². The van der Waals surface area contributed by atoms with Crippen LogP contribution in [0.1, 0.15) is 6.42 Å². The Bertz CT molecular complexity index is 829. The summed E-state index contributed by atoms with van der Waals surface area (Å²) in [5, 5.41) is 4.95. The van der Waals surface area contributed by atoms with Gasteiger partial charge in [-0.05, 0) is 30.3 Å². The average Bonchev–Trinajstić information content (AvgIpc) is 2.91. The zero-order valence-electron chi connectivity index (χ0n) is 12.9. The monoisotopic (exact) mass is 349 g/mol. The van der Waals surface area contributed by atoms with Gasteiger partial charge in [0.25, 0.3) is 0 Å². The van der Waals surface area contributed by atoms with Crippen molar-refractivity contribution in [3.8, 4) is 0 Å². The minimum atomic E-state index is -1.08. The molecule has 0 spiro atoms. The number of nitrogens with one attached hydrogen (secondary N) is 2. The van der Waals surface area contributed by atoms with E-state index in [9.17, 15) is 22.8 Å². The van der Waals surface area contributed by atoms with Gasteiger partial charge >= 0.3 is 6.03 Å². The van der Waals surface area contributed by atoms with Gasteiger partial charge < -0.3 is 15.5 Å². The Labute approximate surface area is 141 Å². The maximum absolute atomic E-state index is 13.3. The van der Waals surface area contributed by atoms with Crippen LogP contribution in [0.2, 0.25) is 0 Å². The lowest BCUT2D eigenvalue weighted by molar-refractivity contribution is -0.117. The Morgan fingerprint density at radius 2 is 1.88 bits per heavy atom. The molecule has 0 radical (unpaired) electrons. The van der Waals surface area contributed by atoms with E-state index in [2.05, 4.69) is 10.6 Å². The van der Waals surface area contributed by atoms with Crippen LogP contribution in [0, 0.1) is 17.5 Å². The molecule has 0 aromatic heterocycles. The topological polar surface area (TPSA) is 61.4 Å². The molecule has 8 heteroatoms. The van der Waals surface area contributed by atoms with Gasteiger partial charge in [-0.3, -0.25) is 4.79 Å². The Kier molecular flexibility index (Phi) is 4.60. The molecule has 2 N–H and O–H groups in total. The first kappa shape index (κ1) is 16.8. The molecule has 1 atom stereocenters. The standard InChI is InChI=1S/C17H14F3N3O2/c18-10-2-1-3-13(6-10)23-9-12(8-16(23)24)22-17(25)21-11-4-5-14(19)15(20)7-11/h1-7,12H,8-9H2,(H2,21,22,25). The summed E-state index contributed by atoms with van der Waals surface area (Å²) in [4.78, 5) is 25.4. The molecule has 0 saturated carbocycles. The molecule has 5 nitrogen and oxygen atoms in total. The minimum absolute atomic E-state index is 0.0573. The van der Waals surface area contributed by atoms with Crippen LogP contribution in [0.25, 0.3) is 0 Å². The summed E-state index contributed by atoms with van der Waals surface area (Å²) < 4.78 is 39.3. The molecular weight excluding hydrogens is 335 g/mol. The van der Waals surface area contributed by atoms with Crippen LogP contribution in [-0.4, -0.2) is 24.5 Å². The number of carbonyl (C=O) groups excluding carboxylic acids is 2. The van der Waals surface area contributed by atoms with E-state index in [1.165, 1.54) is 29.2 Å². The van der Waals surface area contributed by atoms with E-state index in [1.807, 2.05) is 0 Å². The predicted octanol–water partition coefficient (Wildman–Crippen LogP) is 3.03. The summed E-state index contributed by atoms with van der Waals surface area (Å²) in [5.74, 6) is -2.80. The lowest BCUT2D eigenvalue weighted by atomic mass is 10.2. The number of amides is 3. The highest BCUT2D eigenvalue weighted by molar-refractivity contribution is 5.97. The normalized spacial score (nSPS) is 16.8. The predicted molar refractivity (Wildman–Crippen MR) is 85.7 cm³/mol. The fourth-order valence-corrected chi connectivity index (χ4v) is 2.62. The first-order chi connectivity index (χ1) is 11.9. The second-order valence-electron chi connectivity index (χ2n) is 5.61. The third-order valence-corrected chi connectivity index (χ3v) is 3.76. The van der Waals surface area contributed by atoms with E-state index in [0.29, 0.717) is 5.69 Å². The van der Waals surface area contributed by atoms with E-state index in [-0.39, 0.29) is 24.6 Å². The number of hydrogen-bond donors (Lipinski definition) is 2. The van der Waals surface area contributed by atoms with Gasteiger partial charge in [-0.1, -0.05) is 6.07 Å². The summed E-state index contributed by atoms with van der Waals surface area (Å²) in [5.41, 5.74) is 0.498. The number of benzene rings is 2. The van der Waals surface area contributed by atoms with Crippen molar-refractivity contribution in [3.63, 3.8) is 0 Å². The maximum Gasteiger partial charge on any atom is 0.319 e. The van der Waals surface area contributed by atoms with E-state index < -0.39 is 29.5 Å². The van der Waals surface area contributed by atoms with Crippen molar-refractivity contribution in [1.29, 1.82) is 0 Å². The number of carbonyl (C=O) groups is 2. The third kappa shape index (κ3) is 3.90. The number of nitrogens with zero attached hydrogens (tertiary/aromatic N) is 1. The van der Waals surface area contributed by atoms with Crippen LogP contribution in [0.15, 0.2) is 42.5 Å². The fraction of sp³-hybridized carbons (Fsp3) is 0.176. The summed E-state index contributed by atoms with van der Waals surface area (Å²) in [6.07, 6.45) is 0.0573. The number of anilines is 2. The Hall–Kier alpha value is -3.03. The molecule has 3 rings (SSSR count). The van der Waals surface area contributed by atoms with E-state index in [1.54, 1.807) is 6.07 Å². The lowest BCUT2D eigenvalue weighted by Gasteiger charge is -2.17. The van der Waals surface area contributed by atoms with Crippen molar-refractivity contribution in [2.75, 3.05) is 16.8 Å². The molecule has 1 unspecified atom stereocenters. The van der Waals surface area contributed by atoms with Crippen LogP contribution in [0.5, 0.6) is 0 Å². The number of urea groups is 1. The molecule has 3 amide bonds. The van der Waals surface area contributed by atoms with Gasteiger partial charge in [0.15, 0.2) is 11.6 Å². The van der Waals surface area contributed by atoms with Crippen molar-refractivity contribution >= 4 is 23.3 Å². The van der Waals surface area contributed by atoms with Gasteiger partial charge in [-0.25, -0.2) is 18.0 Å². The van der Waals surface area contributed by atoms with Crippen molar-refractivity contribution in [1.82, 2.24) is 5.32 Å². The van der Waals surface area contributed by atoms with E-state index in [4.69, 9.17) is 0 Å². The Morgan fingerprint density at radius 1 is 1.08 bits per heavy atom. The maximum atomic E-state index is 13.3. The molecule has 1 fully saturated rings. The first-order valence-electron chi connectivity index (χ1n) is 7.51. The molecule has 2 aromatic rings. The van der Waals surface area contributed by atoms with Crippen molar-refractivity contribution in [2.45, 2.75) is 12.5 Å². The van der Waals surface area contributed by atoms with Crippen LogP contribution in [-0.2, 0) is 4.79 Å². The van der Waals surface area contributed by atoms with Gasteiger partial charge in [-0.2, -0.15) is 0 Å². The average molecular weight is 349 g/mol. The van der Waals surface area contributed by atoms with Gasteiger partial charge in [0, 0.05) is 30.4 Å². The Morgan fingerprint density at radius 3 is 2.60 bits per heavy atom. The summed E-state index contributed by atoms with van der Waals surface area (Å²) in [6, 6.07) is 7.45. The third-order valence-electron chi connectivity index (χ3n) is 3.76. The summed E-state index contributed by atoms with van der Waals surface area (Å²) in [6.45, 7) is 0.188. The smallest absolute Gasteiger partial charge is 0.319 e. The van der Waals surface area contributed by atoms with Crippen molar-refractivity contribution in [2.24, 2.45) is 0 Å². The highest BCUT2D eigenvalue weighted by atomic mass is 19.2. The van der Waals surface area contributed by atoms with Gasteiger partial charge in [-0.15, -0.1) is 0 Å². The van der Waals surface area contributed by atoms with Crippen LogP contribution in [0.4, 0.5) is 29.3 Å². The highest BCUT2D eigenvalue weighted by Gasteiger charge is 2.31. The van der Waals surface area contributed by atoms with Crippen molar-refractivity contribution in [3.05, 3.63) is 59.9 Å². The SMILES string of the molecule is O=C(Nc1ccc(F)c(F)c1)NC1CC(=O)N(c2cccc(F)c2)C1. The second-order valence-corrected chi connectivity index (χ2v) is 5.61. The first-order valence-corrected chi connectivity index (χ1v) is 7.51. The Balaban J connectivity index is 1.61. The van der Waals surface area contributed by atoms with Crippen LogP contribution in [0.3, 0.4) is 0 Å². The molecule has 1 aliphatic rings. The molecule has 0 aliphatic carbocycles. The zero-order chi connectivity index (χ0) is 18.0. The molecule has 130 valence electrons. The molecular formula is C17H14F3N3O2. The second kappa shape index (κ2) is 6.84. The van der Waals surface area contributed by atoms with Gasteiger partial charge in [0.2, 0.25) is 5.91 Å². The number of hydrogen-bond acceptors (Lipinski definition) is 2. The molecule has 1 saturated heterocycles. The fourth-order valence-electron chi connectivity index (χ4n) is 2.62. The summed E-state index contributed by atoms with van der Waals surface area (Å²) >= 11 is 0. The van der Waals surface area contributed by atoms with Crippen LogP contribution >= 0.6 is 0 Å². The largest absolute Gasteiger partial charge is 0.333 e. The van der Waals surface area contributed by atoms with E-state index in [0.717, 1.165) is 12.1 Å². The number of halogens is 3. The minimum Gasteiger partial charge on any atom is -0.333 e. The highest BCUT2D eigenvalue weighted by Crippen LogP contribution is 2.22. The van der Waals surface area contributed by atoms with Crippen molar-refractivity contribution < 1.29 is 22.8 Å². The molecule has 0 bridgehead atoms. The molecule has 2 aromatic carbocycles.